The Bertz CT molecular complexity index is 2070. The number of aromatic nitrogens is 2. The summed E-state index contributed by atoms with van der Waals surface area (Å²) in [5, 5.41) is 15.0. The maximum Gasteiger partial charge on any atom is 0.275 e. The Morgan fingerprint density at radius 1 is 0.857 bits per heavy atom. The number of likely N-dealkylation sites (N-methyl/N-ethyl adjacent to an activating group) is 1. The van der Waals surface area contributed by atoms with Crippen LogP contribution in [0.2, 0.25) is 0 Å². The minimum absolute atomic E-state index is 0.0104. The number of anilines is 1. The van der Waals surface area contributed by atoms with Crippen LogP contribution in [-0.4, -0.2) is 45.6 Å². The van der Waals surface area contributed by atoms with Gasteiger partial charge in [0.2, 0.25) is 0 Å². The van der Waals surface area contributed by atoms with Crippen molar-refractivity contribution < 1.29 is 19.4 Å². The van der Waals surface area contributed by atoms with Crippen LogP contribution in [0.3, 0.4) is 0 Å². The van der Waals surface area contributed by atoms with E-state index in [2.05, 4.69) is 83.5 Å². The number of fused-ring (bicyclic) bond motifs is 2. The molecule has 0 bridgehead atoms. The fraction of sp³-hybridized carbons (Fsp3) is 0.244. The van der Waals surface area contributed by atoms with Gasteiger partial charge in [-0.25, -0.2) is 4.98 Å². The largest absolute Gasteiger partial charge is 0.392 e. The molecule has 0 saturated carbocycles. The van der Waals surface area contributed by atoms with Crippen molar-refractivity contribution in [2.45, 2.75) is 45.0 Å². The number of nitrogens with zero attached hydrogens (tertiary/aromatic N) is 3. The average molecular weight is 653 g/mol. The summed E-state index contributed by atoms with van der Waals surface area (Å²) in [6.45, 7) is 5.09. The van der Waals surface area contributed by atoms with E-state index in [0.29, 0.717) is 17.7 Å². The molecule has 1 aliphatic heterocycles. The third-order valence-corrected chi connectivity index (χ3v) is 9.63. The Hall–Kier alpha value is -4.99. The summed E-state index contributed by atoms with van der Waals surface area (Å²) in [6, 6.07) is 38.2. The molecule has 2 heterocycles. The number of hydrogen-bond acceptors (Lipinski definition) is 7. The number of para-hydroxylation sites is 2. The molecular weight excluding hydrogens is 612 g/mol. The van der Waals surface area contributed by atoms with Gasteiger partial charge in [-0.2, -0.15) is 0 Å². The molecule has 0 aliphatic carbocycles. The van der Waals surface area contributed by atoms with Crippen LogP contribution in [-0.2, 0) is 16.1 Å². The van der Waals surface area contributed by atoms with Crippen LogP contribution in [0.4, 0.5) is 5.69 Å². The van der Waals surface area contributed by atoms with Gasteiger partial charge >= 0.3 is 0 Å². The SMILES string of the molecule is CC1C(CN(C)C(C)c2ccc3ccccc3c2)OC(c2ccc(NC(=O)c3cnc4ccccc4n3)cc2)OC1c1ccc(CO)cc1. The van der Waals surface area contributed by atoms with E-state index in [1.54, 1.807) is 0 Å². The molecule has 248 valence electrons. The molecule has 1 saturated heterocycles. The van der Waals surface area contributed by atoms with Crippen molar-refractivity contribution in [1.29, 1.82) is 0 Å². The Kier molecular flexibility index (Phi) is 9.46. The summed E-state index contributed by atoms with van der Waals surface area (Å²) in [7, 11) is 2.14. The lowest BCUT2D eigenvalue weighted by Crippen LogP contribution is -2.44. The summed E-state index contributed by atoms with van der Waals surface area (Å²) >= 11 is 0. The number of rotatable bonds is 9. The molecule has 0 radical (unpaired) electrons. The van der Waals surface area contributed by atoms with E-state index in [4.69, 9.17) is 9.47 Å². The molecule has 5 aromatic carbocycles. The highest BCUT2D eigenvalue weighted by molar-refractivity contribution is 6.03. The number of carbonyl (C=O) groups is 1. The van der Waals surface area contributed by atoms with Crippen molar-refractivity contribution in [3.05, 3.63) is 149 Å². The lowest BCUT2D eigenvalue weighted by molar-refractivity contribution is -0.276. The number of carbonyl (C=O) groups excluding carboxylic acids is 1. The van der Waals surface area contributed by atoms with Gasteiger partial charge in [0.25, 0.3) is 5.91 Å². The van der Waals surface area contributed by atoms with Crippen molar-refractivity contribution in [2.75, 3.05) is 18.9 Å². The van der Waals surface area contributed by atoms with Crippen molar-refractivity contribution in [1.82, 2.24) is 14.9 Å². The van der Waals surface area contributed by atoms with Crippen molar-refractivity contribution in [3.8, 4) is 0 Å². The van der Waals surface area contributed by atoms with E-state index in [-0.39, 0.29) is 42.4 Å². The Morgan fingerprint density at radius 3 is 2.31 bits per heavy atom. The quantitative estimate of drug-likeness (QED) is 0.163. The van der Waals surface area contributed by atoms with Crippen LogP contribution in [0, 0.1) is 5.92 Å². The van der Waals surface area contributed by atoms with Crippen molar-refractivity contribution in [3.63, 3.8) is 0 Å². The maximum absolute atomic E-state index is 13.0. The molecule has 2 N–H and O–H groups in total. The van der Waals surface area contributed by atoms with Gasteiger partial charge in [-0.05, 0) is 71.8 Å². The zero-order valence-electron chi connectivity index (χ0n) is 27.9. The third-order valence-electron chi connectivity index (χ3n) is 9.63. The molecule has 5 unspecified atom stereocenters. The number of hydrogen-bond donors (Lipinski definition) is 2. The fourth-order valence-electron chi connectivity index (χ4n) is 6.48. The van der Waals surface area contributed by atoms with E-state index >= 15 is 0 Å². The first-order valence-corrected chi connectivity index (χ1v) is 16.7. The van der Waals surface area contributed by atoms with Crippen LogP contribution in [0.15, 0.2) is 121 Å². The van der Waals surface area contributed by atoms with E-state index in [1.165, 1.54) is 22.5 Å². The standard InChI is InChI=1S/C41H40N4O4/c1-26-38(24-45(3)27(2)32-17-16-29-8-4-5-9-33(29)22-32)48-41(49-39(26)30-14-12-28(25-46)13-15-30)31-18-20-34(21-19-31)43-40(47)37-23-42-35-10-6-7-11-36(35)44-37/h4-23,26-27,38-39,41,46H,24-25H2,1-3H3,(H,43,47). The van der Waals surface area contributed by atoms with Crippen LogP contribution in [0.25, 0.3) is 21.8 Å². The topological polar surface area (TPSA) is 96.8 Å². The minimum atomic E-state index is -0.621. The number of amides is 1. The van der Waals surface area contributed by atoms with Gasteiger partial charge < -0.3 is 19.9 Å². The van der Waals surface area contributed by atoms with Crippen LogP contribution in [0.5, 0.6) is 0 Å². The van der Waals surface area contributed by atoms with Gasteiger partial charge in [0, 0.05) is 29.8 Å². The van der Waals surface area contributed by atoms with Gasteiger partial charge in [-0.15, -0.1) is 0 Å². The van der Waals surface area contributed by atoms with E-state index in [1.807, 2.05) is 72.8 Å². The lowest BCUT2D eigenvalue weighted by Gasteiger charge is -2.43. The summed E-state index contributed by atoms with van der Waals surface area (Å²) < 4.78 is 13.4. The lowest BCUT2D eigenvalue weighted by atomic mass is 9.89. The van der Waals surface area contributed by atoms with Gasteiger partial charge in [0.1, 0.15) is 5.69 Å². The smallest absolute Gasteiger partial charge is 0.275 e. The molecule has 8 nitrogen and oxygen atoms in total. The van der Waals surface area contributed by atoms with Crippen LogP contribution in [0.1, 0.15) is 65.0 Å². The van der Waals surface area contributed by atoms with Gasteiger partial charge in [-0.3, -0.25) is 14.7 Å². The highest BCUT2D eigenvalue weighted by atomic mass is 16.7. The second-order valence-electron chi connectivity index (χ2n) is 12.9. The zero-order valence-corrected chi connectivity index (χ0v) is 27.9. The molecule has 8 heteroatoms. The number of nitrogens with one attached hydrogen (secondary N) is 1. The van der Waals surface area contributed by atoms with Crippen LogP contribution >= 0.6 is 0 Å². The summed E-state index contributed by atoms with van der Waals surface area (Å²) in [4.78, 5) is 24.2. The molecule has 1 aliphatic rings. The monoisotopic (exact) mass is 652 g/mol. The molecule has 49 heavy (non-hydrogen) atoms. The van der Waals surface area contributed by atoms with Crippen molar-refractivity contribution in [2.24, 2.45) is 5.92 Å². The van der Waals surface area contributed by atoms with Gasteiger partial charge in [-0.1, -0.05) is 91.9 Å². The molecule has 5 atom stereocenters. The zero-order chi connectivity index (χ0) is 33.9. The second-order valence-corrected chi connectivity index (χ2v) is 12.9. The fourth-order valence-corrected chi connectivity index (χ4v) is 6.48. The Morgan fingerprint density at radius 2 is 1.55 bits per heavy atom. The van der Waals surface area contributed by atoms with Gasteiger partial charge in [0.05, 0.1) is 36.0 Å². The van der Waals surface area contributed by atoms with E-state index < -0.39 is 6.29 Å². The number of benzene rings is 5. The molecule has 1 fully saturated rings. The molecule has 7 rings (SSSR count). The summed E-state index contributed by atoms with van der Waals surface area (Å²) in [5.41, 5.74) is 6.27. The second kappa shape index (κ2) is 14.2. The predicted molar refractivity (Wildman–Crippen MR) is 192 cm³/mol. The molecule has 1 amide bonds. The van der Waals surface area contributed by atoms with Gasteiger partial charge in [0.15, 0.2) is 6.29 Å². The first-order chi connectivity index (χ1) is 23.9. The average Bonchev–Trinajstić information content (AvgIpc) is 3.15. The highest BCUT2D eigenvalue weighted by Crippen LogP contribution is 2.42. The predicted octanol–water partition coefficient (Wildman–Crippen LogP) is 8.01. The number of ether oxygens (including phenoxy) is 2. The summed E-state index contributed by atoms with van der Waals surface area (Å²) in [6.07, 6.45) is 0.498. The minimum Gasteiger partial charge on any atom is -0.392 e. The number of aliphatic hydroxyl groups is 1. The normalized spacial score (nSPS) is 20.0. The molecule has 1 aromatic heterocycles. The first-order valence-electron chi connectivity index (χ1n) is 16.7. The summed E-state index contributed by atoms with van der Waals surface area (Å²) in [5.74, 6) is -0.288. The molecule has 0 spiro atoms. The maximum atomic E-state index is 13.0. The number of aliphatic hydroxyl groups excluding tert-OH is 1. The molecule has 6 aromatic rings. The van der Waals surface area contributed by atoms with Crippen LogP contribution < -0.4 is 5.32 Å². The van der Waals surface area contributed by atoms with E-state index in [0.717, 1.165) is 22.2 Å². The van der Waals surface area contributed by atoms with E-state index in [9.17, 15) is 9.90 Å². The first kappa shape index (κ1) is 32.6. The Labute approximate surface area is 286 Å². The van der Waals surface area contributed by atoms with Crippen molar-refractivity contribution >= 4 is 33.4 Å². The highest BCUT2D eigenvalue weighted by Gasteiger charge is 2.39. The molecular formula is C41H40N4O4. The third kappa shape index (κ3) is 7.09. The Balaban J connectivity index is 1.10.